The van der Waals surface area contributed by atoms with Crippen LogP contribution in [0.3, 0.4) is 0 Å². The molecule has 1 fully saturated rings. The first-order valence-electron chi connectivity index (χ1n) is 10.7. The molecular weight excluding hydrogens is 400 g/mol. The van der Waals surface area contributed by atoms with Gasteiger partial charge >= 0.3 is 0 Å². The number of nitrogens with one attached hydrogen (secondary N) is 1. The summed E-state index contributed by atoms with van der Waals surface area (Å²) >= 11 is 0. The van der Waals surface area contributed by atoms with E-state index in [1.807, 2.05) is 60.7 Å². The minimum absolute atomic E-state index is 0.126. The van der Waals surface area contributed by atoms with Crippen LogP contribution < -0.4 is 10.2 Å². The second-order valence-electron chi connectivity index (χ2n) is 7.82. The number of nitrogens with zero attached hydrogens (tertiary/aromatic N) is 3. The number of carbonyl (C=O) groups is 2. The normalized spacial score (nSPS) is 13.9. The van der Waals surface area contributed by atoms with Crippen molar-refractivity contribution in [3.63, 3.8) is 0 Å². The van der Waals surface area contributed by atoms with Crippen molar-refractivity contribution in [2.75, 3.05) is 16.8 Å². The zero-order chi connectivity index (χ0) is 21.9. The number of pyridine rings is 2. The number of benzene rings is 2. The Balaban J connectivity index is 1.49. The summed E-state index contributed by atoms with van der Waals surface area (Å²) in [5.41, 5.74) is 4.27. The molecule has 3 heterocycles. The highest BCUT2D eigenvalue weighted by Crippen LogP contribution is 2.27. The average molecular weight is 422 g/mol. The summed E-state index contributed by atoms with van der Waals surface area (Å²) in [4.78, 5) is 36.3. The lowest BCUT2D eigenvalue weighted by atomic mass is 10.0. The van der Waals surface area contributed by atoms with Crippen LogP contribution in [0.2, 0.25) is 0 Å². The van der Waals surface area contributed by atoms with E-state index in [1.165, 1.54) is 0 Å². The zero-order valence-electron chi connectivity index (χ0n) is 17.5. The Hall–Kier alpha value is -4.06. The molecule has 1 N–H and O–H groups in total. The number of para-hydroxylation sites is 1. The molecule has 32 heavy (non-hydrogen) atoms. The van der Waals surface area contributed by atoms with Gasteiger partial charge in [-0.05, 0) is 55.3 Å². The van der Waals surface area contributed by atoms with Gasteiger partial charge < -0.3 is 10.2 Å². The molecule has 2 aromatic carbocycles. The van der Waals surface area contributed by atoms with Crippen LogP contribution in [0.5, 0.6) is 0 Å². The first-order chi connectivity index (χ1) is 15.7. The summed E-state index contributed by atoms with van der Waals surface area (Å²) < 4.78 is 0. The van der Waals surface area contributed by atoms with Crippen molar-refractivity contribution < 1.29 is 9.59 Å². The Morgan fingerprint density at radius 2 is 1.88 bits per heavy atom. The van der Waals surface area contributed by atoms with E-state index in [0.717, 1.165) is 35.0 Å². The SMILES string of the molecule is O=C(Nc1cccc(N2CCCCC2=O)c1)c1cc(-c2cccnc2)nc2ccccc12. The molecule has 0 radical (unpaired) electrons. The topological polar surface area (TPSA) is 75.2 Å². The number of hydrogen-bond acceptors (Lipinski definition) is 4. The largest absolute Gasteiger partial charge is 0.322 e. The minimum atomic E-state index is -0.226. The van der Waals surface area contributed by atoms with Crippen LogP contribution in [0, 0.1) is 0 Å². The summed E-state index contributed by atoms with van der Waals surface area (Å²) in [6, 6.07) is 20.6. The molecule has 0 spiro atoms. The molecule has 4 aromatic rings. The van der Waals surface area contributed by atoms with E-state index in [9.17, 15) is 9.59 Å². The maximum atomic E-state index is 13.3. The standard InChI is InChI=1S/C26H22N4O2/c31-25-12-3-4-14-30(25)20-9-5-8-19(15-20)28-26(32)22-16-24(18-7-6-13-27-17-18)29-23-11-2-1-10-21(22)23/h1-2,5-11,13,15-17H,3-4,12,14H2,(H,28,32). The number of rotatable bonds is 4. The van der Waals surface area contributed by atoms with Gasteiger partial charge in [0.05, 0.1) is 16.8 Å². The first kappa shape index (κ1) is 19.9. The van der Waals surface area contributed by atoms with Crippen molar-refractivity contribution in [1.82, 2.24) is 9.97 Å². The number of anilines is 2. The number of hydrogen-bond donors (Lipinski definition) is 1. The van der Waals surface area contributed by atoms with E-state index in [4.69, 9.17) is 4.98 Å². The summed E-state index contributed by atoms with van der Waals surface area (Å²) in [5.74, 6) is -0.100. The maximum absolute atomic E-state index is 13.3. The summed E-state index contributed by atoms with van der Waals surface area (Å²) in [7, 11) is 0. The third-order valence-electron chi connectivity index (χ3n) is 5.66. The highest BCUT2D eigenvalue weighted by Gasteiger charge is 2.20. The Morgan fingerprint density at radius 1 is 0.969 bits per heavy atom. The molecule has 0 atom stereocenters. The Morgan fingerprint density at radius 3 is 2.72 bits per heavy atom. The highest BCUT2D eigenvalue weighted by atomic mass is 16.2. The van der Waals surface area contributed by atoms with Gasteiger partial charge in [-0.1, -0.05) is 24.3 Å². The van der Waals surface area contributed by atoms with E-state index in [1.54, 1.807) is 23.4 Å². The van der Waals surface area contributed by atoms with E-state index in [-0.39, 0.29) is 11.8 Å². The van der Waals surface area contributed by atoms with Crippen LogP contribution in [0.1, 0.15) is 29.6 Å². The van der Waals surface area contributed by atoms with Crippen LogP contribution >= 0.6 is 0 Å². The molecular formula is C26H22N4O2. The monoisotopic (exact) mass is 422 g/mol. The molecule has 1 aliphatic rings. The Kier molecular flexibility index (Phi) is 5.34. The van der Waals surface area contributed by atoms with Crippen LogP contribution in [0.25, 0.3) is 22.2 Å². The van der Waals surface area contributed by atoms with Crippen molar-refractivity contribution in [1.29, 1.82) is 0 Å². The molecule has 1 aliphatic heterocycles. The predicted molar refractivity (Wildman–Crippen MR) is 126 cm³/mol. The molecule has 0 unspecified atom stereocenters. The molecule has 158 valence electrons. The van der Waals surface area contributed by atoms with Gasteiger partial charge in [-0.3, -0.25) is 14.6 Å². The van der Waals surface area contributed by atoms with Crippen LogP contribution in [-0.2, 0) is 4.79 Å². The van der Waals surface area contributed by atoms with Crippen molar-refractivity contribution in [3.8, 4) is 11.3 Å². The number of aromatic nitrogens is 2. The molecule has 5 rings (SSSR count). The van der Waals surface area contributed by atoms with Crippen molar-refractivity contribution >= 4 is 34.1 Å². The van der Waals surface area contributed by atoms with Crippen molar-refractivity contribution in [2.45, 2.75) is 19.3 Å². The van der Waals surface area contributed by atoms with Crippen molar-refractivity contribution in [3.05, 3.63) is 84.7 Å². The van der Waals surface area contributed by atoms with Gasteiger partial charge in [0.25, 0.3) is 5.91 Å². The minimum Gasteiger partial charge on any atom is -0.322 e. The molecule has 1 saturated heterocycles. The number of piperidine rings is 1. The lowest BCUT2D eigenvalue weighted by molar-refractivity contribution is -0.119. The Labute approximate surface area is 185 Å². The number of fused-ring (bicyclic) bond motifs is 1. The molecule has 0 bridgehead atoms. The molecule has 2 aromatic heterocycles. The lowest BCUT2D eigenvalue weighted by Crippen LogP contribution is -2.35. The fourth-order valence-corrected chi connectivity index (χ4v) is 4.05. The van der Waals surface area contributed by atoms with Gasteiger partial charge in [0.1, 0.15) is 0 Å². The van der Waals surface area contributed by atoms with E-state index in [0.29, 0.717) is 29.9 Å². The molecule has 6 nitrogen and oxygen atoms in total. The smallest absolute Gasteiger partial charge is 0.256 e. The maximum Gasteiger partial charge on any atom is 0.256 e. The number of amides is 2. The summed E-state index contributed by atoms with van der Waals surface area (Å²) in [6.07, 6.45) is 5.93. The van der Waals surface area contributed by atoms with Gasteiger partial charge in [0.15, 0.2) is 0 Å². The summed E-state index contributed by atoms with van der Waals surface area (Å²) in [6.45, 7) is 0.708. The molecule has 2 amide bonds. The average Bonchev–Trinajstić information content (AvgIpc) is 2.84. The quantitative estimate of drug-likeness (QED) is 0.498. The third-order valence-corrected chi connectivity index (χ3v) is 5.66. The molecule has 0 saturated carbocycles. The van der Waals surface area contributed by atoms with Gasteiger partial charge in [-0.2, -0.15) is 0 Å². The lowest BCUT2D eigenvalue weighted by Gasteiger charge is -2.27. The number of carbonyl (C=O) groups excluding carboxylic acids is 2. The van der Waals surface area contributed by atoms with E-state index >= 15 is 0 Å². The van der Waals surface area contributed by atoms with Gasteiger partial charge in [-0.25, -0.2) is 4.98 Å². The second kappa shape index (κ2) is 8.59. The first-order valence-corrected chi connectivity index (χ1v) is 10.7. The van der Waals surface area contributed by atoms with Crippen molar-refractivity contribution in [2.24, 2.45) is 0 Å². The fraction of sp³-hybridized carbons (Fsp3) is 0.154. The summed E-state index contributed by atoms with van der Waals surface area (Å²) in [5, 5.41) is 3.78. The van der Waals surface area contributed by atoms with Crippen LogP contribution in [0.4, 0.5) is 11.4 Å². The molecule has 6 heteroatoms. The zero-order valence-corrected chi connectivity index (χ0v) is 17.5. The van der Waals surface area contributed by atoms with Gasteiger partial charge in [0.2, 0.25) is 5.91 Å². The fourth-order valence-electron chi connectivity index (χ4n) is 4.05. The Bertz CT molecular complexity index is 1300. The van der Waals surface area contributed by atoms with Gasteiger partial charge in [-0.15, -0.1) is 0 Å². The van der Waals surface area contributed by atoms with Crippen LogP contribution in [-0.4, -0.2) is 28.3 Å². The van der Waals surface area contributed by atoms with E-state index in [2.05, 4.69) is 10.3 Å². The van der Waals surface area contributed by atoms with Gasteiger partial charge in [0, 0.05) is 47.7 Å². The molecule has 0 aliphatic carbocycles. The van der Waals surface area contributed by atoms with Crippen LogP contribution in [0.15, 0.2) is 79.1 Å². The third kappa shape index (κ3) is 3.95. The van der Waals surface area contributed by atoms with E-state index < -0.39 is 0 Å². The second-order valence-corrected chi connectivity index (χ2v) is 7.82. The predicted octanol–water partition coefficient (Wildman–Crippen LogP) is 5.07. The highest BCUT2D eigenvalue weighted by molar-refractivity contribution is 6.13.